The zero-order valence-corrected chi connectivity index (χ0v) is 20.8. The Labute approximate surface area is 212 Å². The summed E-state index contributed by atoms with van der Waals surface area (Å²) in [6, 6.07) is 23.6. The largest absolute Gasteiger partial charge is 0.493 e. The molecule has 0 aliphatic carbocycles. The molecule has 0 radical (unpaired) electrons. The van der Waals surface area contributed by atoms with Crippen molar-refractivity contribution in [3.8, 4) is 22.6 Å². The lowest BCUT2D eigenvalue weighted by Gasteiger charge is -2.34. The van der Waals surface area contributed by atoms with Crippen molar-refractivity contribution in [2.45, 2.75) is 20.5 Å². The van der Waals surface area contributed by atoms with Gasteiger partial charge >= 0.3 is 6.09 Å². The van der Waals surface area contributed by atoms with Gasteiger partial charge in [0.05, 0.1) is 13.2 Å². The van der Waals surface area contributed by atoms with Gasteiger partial charge in [-0.3, -0.25) is 4.79 Å². The minimum atomic E-state index is -0.332. The molecule has 3 aromatic carbocycles. The predicted molar refractivity (Wildman–Crippen MR) is 138 cm³/mol. The van der Waals surface area contributed by atoms with Crippen molar-refractivity contribution in [1.29, 1.82) is 0 Å². The minimum absolute atomic E-state index is 0.0741. The van der Waals surface area contributed by atoms with Gasteiger partial charge in [-0.15, -0.1) is 0 Å². The molecular formula is C29H32N2O5. The molecule has 0 unspecified atom stereocenters. The Kier molecular flexibility index (Phi) is 8.44. The number of carbonyl (C=O) groups is 2. The summed E-state index contributed by atoms with van der Waals surface area (Å²) < 4.78 is 16.9. The molecule has 0 spiro atoms. The molecule has 0 saturated carbocycles. The van der Waals surface area contributed by atoms with Gasteiger partial charge in [-0.05, 0) is 55.3 Å². The summed E-state index contributed by atoms with van der Waals surface area (Å²) in [7, 11) is 0. The first kappa shape index (κ1) is 25.1. The molecule has 7 heteroatoms. The third kappa shape index (κ3) is 6.16. The second kappa shape index (κ2) is 12.1. The Bertz CT molecular complexity index is 1160. The Balaban J connectivity index is 1.42. The summed E-state index contributed by atoms with van der Waals surface area (Å²) in [5.41, 5.74) is 3.65. The quantitative estimate of drug-likeness (QED) is 0.434. The van der Waals surface area contributed by atoms with Gasteiger partial charge in [0.25, 0.3) is 5.91 Å². The highest BCUT2D eigenvalue weighted by atomic mass is 16.6. The first-order valence-electron chi connectivity index (χ1n) is 12.3. The molecule has 2 amide bonds. The molecular weight excluding hydrogens is 456 g/mol. The van der Waals surface area contributed by atoms with E-state index in [2.05, 4.69) is 12.1 Å². The lowest BCUT2D eigenvalue weighted by atomic mass is 10.1. The van der Waals surface area contributed by atoms with Crippen LogP contribution >= 0.6 is 0 Å². The van der Waals surface area contributed by atoms with E-state index >= 15 is 0 Å². The van der Waals surface area contributed by atoms with Gasteiger partial charge in [-0.25, -0.2) is 4.79 Å². The molecule has 1 fully saturated rings. The van der Waals surface area contributed by atoms with Crippen LogP contribution in [-0.2, 0) is 11.3 Å². The maximum atomic E-state index is 13.2. The molecule has 3 aromatic rings. The van der Waals surface area contributed by atoms with Crippen LogP contribution in [0.4, 0.5) is 4.79 Å². The number of hydrogen-bond acceptors (Lipinski definition) is 5. The molecule has 36 heavy (non-hydrogen) atoms. The van der Waals surface area contributed by atoms with E-state index in [0.29, 0.717) is 50.7 Å². The molecule has 1 heterocycles. The lowest BCUT2D eigenvalue weighted by Crippen LogP contribution is -2.50. The first-order valence-corrected chi connectivity index (χ1v) is 12.3. The summed E-state index contributed by atoms with van der Waals surface area (Å²) in [6.45, 7) is 6.67. The second-order valence-corrected chi connectivity index (χ2v) is 8.41. The number of ether oxygens (including phenoxy) is 3. The summed E-state index contributed by atoms with van der Waals surface area (Å²) in [4.78, 5) is 28.5. The minimum Gasteiger partial charge on any atom is -0.493 e. The van der Waals surface area contributed by atoms with Crippen molar-refractivity contribution >= 4 is 12.0 Å². The standard InChI is InChI=1S/C29H32N2O5/c1-3-34-27-15-12-24(28(32)30-16-18-31(19-17-30)29(33)35-4-2)20-25(27)21-36-26-13-10-23(11-14-26)22-8-6-5-7-9-22/h5-15,20H,3-4,16-19,21H2,1-2H3. The van der Waals surface area contributed by atoms with Crippen LogP contribution in [-0.4, -0.2) is 61.2 Å². The Morgan fingerprint density at radius 2 is 1.42 bits per heavy atom. The summed E-state index contributed by atoms with van der Waals surface area (Å²) in [5, 5.41) is 0. The molecule has 1 aliphatic heterocycles. The molecule has 4 rings (SSSR count). The number of carbonyl (C=O) groups excluding carboxylic acids is 2. The Morgan fingerprint density at radius 3 is 2.08 bits per heavy atom. The van der Waals surface area contributed by atoms with Crippen LogP contribution < -0.4 is 9.47 Å². The van der Waals surface area contributed by atoms with Gasteiger partial charge < -0.3 is 24.0 Å². The van der Waals surface area contributed by atoms with Crippen molar-refractivity contribution in [2.24, 2.45) is 0 Å². The Hall–Kier alpha value is -4.00. The van der Waals surface area contributed by atoms with Gasteiger partial charge in [0.15, 0.2) is 0 Å². The van der Waals surface area contributed by atoms with Crippen LogP contribution in [0.5, 0.6) is 11.5 Å². The van der Waals surface area contributed by atoms with E-state index in [1.165, 1.54) is 0 Å². The number of benzene rings is 3. The average molecular weight is 489 g/mol. The molecule has 7 nitrogen and oxygen atoms in total. The monoisotopic (exact) mass is 488 g/mol. The molecule has 1 aliphatic rings. The fraction of sp³-hybridized carbons (Fsp3) is 0.310. The van der Waals surface area contributed by atoms with Gasteiger partial charge in [-0.2, -0.15) is 0 Å². The van der Waals surface area contributed by atoms with Crippen molar-refractivity contribution < 1.29 is 23.8 Å². The van der Waals surface area contributed by atoms with E-state index in [1.807, 2.05) is 61.5 Å². The zero-order chi connectivity index (χ0) is 25.3. The maximum absolute atomic E-state index is 13.2. The van der Waals surface area contributed by atoms with Gasteiger partial charge in [0.2, 0.25) is 0 Å². The van der Waals surface area contributed by atoms with Crippen molar-refractivity contribution in [1.82, 2.24) is 9.80 Å². The number of piperazine rings is 1. The molecule has 188 valence electrons. The van der Waals surface area contributed by atoms with Crippen LogP contribution in [0, 0.1) is 0 Å². The van der Waals surface area contributed by atoms with E-state index in [4.69, 9.17) is 14.2 Å². The third-order valence-corrected chi connectivity index (χ3v) is 6.06. The third-order valence-electron chi connectivity index (χ3n) is 6.06. The summed E-state index contributed by atoms with van der Waals surface area (Å²) in [5.74, 6) is 1.36. The average Bonchev–Trinajstić information content (AvgIpc) is 2.93. The summed E-state index contributed by atoms with van der Waals surface area (Å²) in [6.07, 6.45) is -0.332. The highest BCUT2D eigenvalue weighted by Crippen LogP contribution is 2.26. The van der Waals surface area contributed by atoms with E-state index in [0.717, 1.165) is 22.4 Å². The second-order valence-electron chi connectivity index (χ2n) is 8.41. The zero-order valence-electron chi connectivity index (χ0n) is 20.8. The van der Waals surface area contributed by atoms with E-state index < -0.39 is 0 Å². The van der Waals surface area contributed by atoms with Crippen LogP contribution in [0.2, 0.25) is 0 Å². The van der Waals surface area contributed by atoms with E-state index in [1.54, 1.807) is 22.8 Å². The normalized spacial score (nSPS) is 13.3. The van der Waals surface area contributed by atoms with Crippen molar-refractivity contribution in [3.63, 3.8) is 0 Å². The van der Waals surface area contributed by atoms with Crippen LogP contribution in [0.1, 0.15) is 29.8 Å². The smallest absolute Gasteiger partial charge is 0.409 e. The van der Waals surface area contributed by atoms with Crippen LogP contribution in [0.3, 0.4) is 0 Å². The van der Waals surface area contributed by atoms with E-state index in [-0.39, 0.29) is 18.6 Å². The number of amides is 2. The van der Waals surface area contributed by atoms with Crippen LogP contribution in [0.15, 0.2) is 72.8 Å². The fourth-order valence-electron chi connectivity index (χ4n) is 4.15. The van der Waals surface area contributed by atoms with Crippen LogP contribution in [0.25, 0.3) is 11.1 Å². The Morgan fingerprint density at radius 1 is 0.750 bits per heavy atom. The summed E-state index contributed by atoms with van der Waals surface area (Å²) >= 11 is 0. The number of nitrogens with zero attached hydrogens (tertiary/aromatic N) is 2. The first-order chi connectivity index (χ1) is 17.6. The van der Waals surface area contributed by atoms with Gasteiger partial charge in [0, 0.05) is 37.3 Å². The fourth-order valence-corrected chi connectivity index (χ4v) is 4.15. The topological polar surface area (TPSA) is 68.3 Å². The number of rotatable bonds is 8. The maximum Gasteiger partial charge on any atom is 0.409 e. The number of hydrogen-bond donors (Lipinski definition) is 0. The molecule has 0 N–H and O–H groups in total. The molecule has 0 aromatic heterocycles. The highest BCUT2D eigenvalue weighted by molar-refractivity contribution is 5.94. The lowest BCUT2D eigenvalue weighted by molar-refractivity contribution is 0.0570. The van der Waals surface area contributed by atoms with Gasteiger partial charge in [-0.1, -0.05) is 42.5 Å². The molecule has 1 saturated heterocycles. The van der Waals surface area contributed by atoms with E-state index in [9.17, 15) is 9.59 Å². The predicted octanol–water partition coefficient (Wildman–Crippen LogP) is 5.25. The van der Waals surface area contributed by atoms with Gasteiger partial charge in [0.1, 0.15) is 18.1 Å². The SMILES string of the molecule is CCOC(=O)N1CCN(C(=O)c2ccc(OCC)c(COc3ccc(-c4ccccc4)cc3)c2)CC1. The van der Waals surface area contributed by atoms with Crippen molar-refractivity contribution in [2.75, 3.05) is 39.4 Å². The highest BCUT2D eigenvalue weighted by Gasteiger charge is 2.26. The molecule has 0 atom stereocenters. The van der Waals surface area contributed by atoms with Crippen molar-refractivity contribution in [3.05, 3.63) is 83.9 Å². The molecule has 0 bridgehead atoms.